The molecule has 0 saturated heterocycles. The van der Waals surface area contributed by atoms with Gasteiger partial charge in [0.1, 0.15) is 5.58 Å². The van der Waals surface area contributed by atoms with Crippen molar-refractivity contribution in [3.05, 3.63) is 56.7 Å². The summed E-state index contributed by atoms with van der Waals surface area (Å²) in [6.45, 7) is 2.22. The molecule has 1 heterocycles. The number of benzene rings is 2. The molecule has 0 fully saturated rings. The second kappa shape index (κ2) is 7.92. The van der Waals surface area contributed by atoms with Gasteiger partial charge in [0.2, 0.25) is 0 Å². The Balaban J connectivity index is 1.78. The third-order valence-corrected chi connectivity index (χ3v) is 5.65. The number of halogens is 2. The van der Waals surface area contributed by atoms with Crippen LogP contribution in [0.3, 0.4) is 0 Å². The number of fused-ring (bicyclic) bond motifs is 1. The summed E-state index contributed by atoms with van der Waals surface area (Å²) in [5.74, 6) is 0.00979. The number of ether oxygens (including phenoxy) is 1. The zero-order chi connectivity index (χ0) is 18.7. The predicted octanol–water partition coefficient (Wildman–Crippen LogP) is 4.83. The second-order valence-corrected chi connectivity index (χ2v) is 6.81. The average molecular weight is 482 g/mol. The van der Waals surface area contributed by atoms with Gasteiger partial charge in [-0.05, 0) is 57.0 Å². The highest BCUT2D eigenvalue weighted by atomic mass is 79.9. The normalized spacial score (nSPS) is 11.2. The van der Waals surface area contributed by atoms with Crippen molar-refractivity contribution in [3.63, 3.8) is 0 Å². The number of amides is 1. The Labute approximate surface area is 166 Å². The minimum Gasteiger partial charge on any atom is -0.503 e. The van der Waals surface area contributed by atoms with E-state index in [4.69, 9.17) is 9.15 Å². The lowest BCUT2D eigenvalue weighted by Gasteiger charge is -2.10. The van der Waals surface area contributed by atoms with Gasteiger partial charge in [-0.1, -0.05) is 18.2 Å². The predicted molar refractivity (Wildman–Crippen MR) is 106 cm³/mol. The number of nitrogens with one attached hydrogen (secondary N) is 1. The number of carbonyl (C=O) groups is 1. The molecule has 134 valence electrons. The number of furan rings is 1. The summed E-state index contributed by atoms with van der Waals surface area (Å²) in [7, 11) is 0. The zero-order valence-corrected chi connectivity index (χ0v) is 16.8. The molecular formula is C18H14Br2N2O4. The molecule has 2 aromatic carbocycles. The molecule has 0 unspecified atom stereocenters. The fourth-order valence-electron chi connectivity index (χ4n) is 2.28. The summed E-state index contributed by atoms with van der Waals surface area (Å²) in [6.07, 6.45) is 1.44. The molecule has 1 amide bonds. The third kappa shape index (κ3) is 3.76. The maximum absolute atomic E-state index is 12.2. The van der Waals surface area contributed by atoms with Gasteiger partial charge in [0.05, 0.1) is 17.3 Å². The third-order valence-electron chi connectivity index (χ3n) is 3.49. The van der Waals surface area contributed by atoms with Gasteiger partial charge in [-0.3, -0.25) is 4.79 Å². The Hall–Kier alpha value is -2.32. The van der Waals surface area contributed by atoms with E-state index in [0.717, 1.165) is 5.39 Å². The van der Waals surface area contributed by atoms with Crippen LogP contribution in [0.5, 0.6) is 11.5 Å². The van der Waals surface area contributed by atoms with Gasteiger partial charge in [-0.15, -0.1) is 0 Å². The number of hydrazone groups is 1. The number of hydrogen-bond donors (Lipinski definition) is 2. The minimum absolute atomic E-state index is 0.0119. The lowest BCUT2D eigenvalue weighted by atomic mass is 10.2. The van der Waals surface area contributed by atoms with Crippen LogP contribution in [0.1, 0.15) is 23.0 Å². The van der Waals surface area contributed by atoms with Crippen LogP contribution in [0, 0.1) is 0 Å². The Morgan fingerprint density at radius 3 is 2.81 bits per heavy atom. The van der Waals surface area contributed by atoms with Gasteiger partial charge in [-0.2, -0.15) is 5.10 Å². The monoisotopic (exact) mass is 480 g/mol. The molecule has 3 aromatic rings. The highest BCUT2D eigenvalue weighted by molar-refractivity contribution is 9.13. The van der Waals surface area contributed by atoms with Crippen LogP contribution in [0.4, 0.5) is 0 Å². The van der Waals surface area contributed by atoms with E-state index >= 15 is 0 Å². The SMILES string of the molecule is CCOc1cc(/C=N/NC(=O)c2cc3ccccc3o2)c(Br)c(Br)c1O. The summed E-state index contributed by atoms with van der Waals surface area (Å²) < 4.78 is 11.9. The Bertz CT molecular complexity index is 965. The molecule has 0 atom stereocenters. The highest BCUT2D eigenvalue weighted by Gasteiger charge is 2.15. The molecule has 8 heteroatoms. The van der Waals surface area contributed by atoms with Gasteiger partial charge < -0.3 is 14.3 Å². The van der Waals surface area contributed by atoms with Crippen molar-refractivity contribution < 1.29 is 19.1 Å². The minimum atomic E-state index is -0.462. The summed E-state index contributed by atoms with van der Waals surface area (Å²) in [5.41, 5.74) is 3.66. The molecular weight excluding hydrogens is 468 g/mol. The van der Waals surface area contributed by atoms with E-state index in [1.165, 1.54) is 6.21 Å². The molecule has 2 N–H and O–H groups in total. The second-order valence-electron chi connectivity index (χ2n) is 5.22. The summed E-state index contributed by atoms with van der Waals surface area (Å²) in [5, 5.41) is 14.8. The largest absolute Gasteiger partial charge is 0.503 e. The molecule has 0 aliphatic rings. The van der Waals surface area contributed by atoms with Crippen molar-refractivity contribution in [3.8, 4) is 11.5 Å². The highest BCUT2D eigenvalue weighted by Crippen LogP contribution is 2.41. The van der Waals surface area contributed by atoms with E-state index < -0.39 is 5.91 Å². The van der Waals surface area contributed by atoms with Crippen LogP contribution in [0.2, 0.25) is 0 Å². The van der Waals surface area contributed by atoms with E-state index in [2.05, 4.69) is 42.4 Å². The smallest absolute Gasteiger partial charge is 0.307 e. The fraction of sp³-hybridized carbons (Fsp3) is 0.111. The van der Waals surface area contributed by atoms with Crippen molar-refractivity contribution in [2.45, 2.75) is 6.92 Å². The molecule has 26 heavy (non-hydrogen) atoms. The molecule has 6 nitrogen and oxygen atoms in total. The van der Waals surface area contributed by atoms with Gasteiger partial charge in [-0.25, -0.2) is 5.43 Å². The lowest BCUT2D eigenvalue weighted by molar-refractivity contribution is 0.0929. The molecule has 0 saturated carbocycles. The first kappa shape index (κ1) is 18.5. The van der Waals surface area contributed by atoms with Crippen molar-refractivity contribution in [1.29, 1.82) is 0 Å². The molecule has 0 aliphatic heterocycles. The number of hydrogen-bond acceptors (Lipinski definition) is 5. The van der Waals surface area contributed by atoms with Crippen LogP contribution >= 0.6 is 31.9 Å². The summed E-state index contributed by atoms with van der Waals surface area (Å²) in [6, 6.07) is 10.6. The van der Waals surface area contributed by atoms with E-state index in [0.29, 0.717) is 32.4 Å². The van der Waals surface area contributed by atoms with E-state index in [9.17, 15) is 9.90 Å². The number of para-hydroxylation sites is 1. The zero-order valence-electron chi connectivity index (χ0n) is 13.6. The van der Waals surface area contributed by atoms with Crippen LogP contribution < -0.4 is 10.2 Å². The quantitative estimate of drug-likeness (QED) is 0.404. The molecule has 0 spiro atoms. The molecule has 0 aliphatic carbocycles. The Morgan fingerprint density at radius 2 is 2.08 bits per heavy atom. The number of nitrogens with zero attached hydrogens (tertiary/aromatic N) is 1. The van der Waals surface area contributed by atoms with Crippen LogP contribution in [0.15, 0.2) is 54.9 Å². The lowest BCUT2D eigenvalue weighted by Crippen LogP contribution is -2.16. The molecule has 0 bridgehead atoms. The van der Waals surface area contributed by atoms with Gasteiger partial charge in [0, 0.05) is 15.4 Å². The first-order valence-electron chi connectivity index (χ1n) is 7.67. The summed E-state index contributed by atoms with van der Waals surface area (Å²) >= 11 is 6.65. The Kier molecular flexibility index (Phi) is 5.63. The maximum atomic E-state index is 12.2. The fourth-order valence-corrected chi connectivity index (χ4v) is 3.11. The number of phenols is 1. The molecule has 0 radical (unpaired) electrons. The first-order valence-corrected chi connectivity index (χ1v) is 9.25. The molecule has 1 aromatic heterocycles. The maximum Gasteiger partial charge on any atom is 0.307 e. The van der Waals surface area contributed by atoms with Crippen molar-refractivity contribution >= 4 is 55.0 Å². The average Bonchev–Trinajstić information content (AvgIpc) is 3.08. The van der Waals surface area contributed by atoms with E-state index in [1.807, 2.05) is 25.1 Å². The van der Waals surface area contributed by atoms with Crippen molar-refractivity contribution in [2.75, 3.05) is 6.61 Å². The van der Waals surface area contributed by atoms with Crippen LogP contribution in [-0.2, 0) is 0 Å². The van der Waals surface area contributed by atoms with Crippen LogP contribution in [0.25, 0.3) is 11.0 Å². The van der Waals surface area contributed by atoms with Crippen LogP contribution in [-0.4, -0.2) is 23.8 Å². The Morgan fingerprint density at radius 1 is 1.31 bits per heavy atom. The molecule has 3 rings (SSSR count). The van der Waals surface area contributed by atoms with Gasteiger partial charge >= 0.3 is 5.91 Å². The number of aromatic hydroxyl groups is 1. The summed E-state index contributed by atoms with van der Waals surface area (Å²) in [4.78, 5) is 12.2. The number of carbonyl (C=O) groups excluding carboxylic acids is 1. The van der Waals surface area contributed by atoms with E-state index in [1.54, 1.807) is 18.2 Å². The number of phenolic OH excluding ortho intramolecular Hbond substituents is 1. The van der Waals surface area contributed by atoms with Gasteiger partial charge in [0.25, 0.3) is 0 Å². The topological polar surface area (TPSA) is 84.1 Å². The van der Waals surface area contributed by atoms with E-state index in [-0.39, 0.29) is 11.5 Å². The van der Waals surface area contributed by atoms with Crippen molar-refractivity contribution in [1.82, 2.24) is 5.43 Å². The van der Waals surface area contributed by atoms with Gasteiger partial charge in [0.15, 0.2) is 17.3 Å². The standard InChI is InChI=1S/C18H14Br2N2O4/c1-2-25-13-8-11(15(19)16(20)17(13)23)9-21-22-18(24)14-7-10-5-3-4-6-12(10)26-14/h3-9,23H,2H2,1H3,(H,22,24)/b21-9+. The number of rotatable bonds is 5. The first-order chi connectivity index (χ1) is 12.5. The van der Waals surface area contributed by atoms with Crippen molar-refractivity contribution in [2.24, 2.45) is 5.10 Å².